The normalized spacial score (nSPS) is 17.0. The van der Waals surface area contributed by atoms with E-state index in [-0.39, 0.29) is 31.2 Å². The van der Waals surface area contributed by atoms with E-state index in [9.17, 15) is 19.2 Å². The summed E-state index contributed by atoms with van der Waals surface area (Å²) in [5, 5.41) is 0.825. The zero-order valence-electron chi connectivity index (χ0n) is 18.9. The van der Waals surface area contributed by atoms with Crippen molar-refractivity contribution in [1.29, 1.82) is 0 Å². The van der Waals surface area contributed by atoms with Crippen molar-refractivity contribution >= 4 is 23.9 Å². The fourth-order valence-electron chi connectivity index (χ4n) is 2.95. The topological polar surface area (TPSA) is 105 Å². The van der Waals surface area contributed by atoms with Gasteiger partial charge in [0.1, 0.15) is 17.2 Å². The van der Waals surface area contributed by atoms with Crippen molar-refractivity contribution in [2.24, 2.45) is 0 Å². The molecule has 1 aromatic rings. The summed E-state index contributed by atoms with van der Waals surface area (Å²) >= 11 is 0. The highest BCUT2D eigenvalue weighted by Crippen LogP contribution is 2.18. The Morgan fingerprint density at radius 1 is 1.00 bits per heavy atom. The lowest BCUT2D eigenvalue weighted by Gasteiger charge is -2.38. The fraction of sp³-hybridized carbons (Fsp3) is 0.545. The number of hydrazine groups is 1. The predicted molar refractivity (Wildman–Crippen MR) is 113 cm³/mol. The molecule has 3 amide bonds. The van der Waals surface area contributed by atoms with Crippen LogP contribution in [0.5, 0.6) is 0 Å². The van der Waals surface area contributed by atoms with Gasteiger partial charge in [-0.25, -0.2) is 20.0 Å². The molecular weight excluding hydrogens is 402 g/mol. The minimum Gasteiger partial charge on any atom is -0.443 e. The van der Waals surface area contributed by atoms with Crippen LogP contribution in [0.4, 0.5) is 9.59 Å². The maximum absolute atomic E-state index is 12.9. The zero-order chi connectivity index (χ0) is 23.4. The number of piperidine rings is 1. The molecule has 1 aromatic carbocycles. The summed E-state index contributed by atoms with van der Waals surface area (Å²) in [7, 11) is 0. The van der Waals surface area contributed by atoms with Gasteiger partial charge in [-0.05, 0) is 53.7 Å². The van der Waals surface area contributed by atoms with Gasteiger partial charge in [0.25, 0.3) is 5.91 Å². The highest BCUT2D eigenvalue weighted by Gasteiger charge is 2.40. The van der Waals surface area contributed by atoms with E-state index >= 15 is 0 Å². The van der Waals surface area contributed by atoms with Crippen LogP contribution in [0.25, 0.3) is 0 Å². The van der Waals surface area contributed by atoms with Crippen molar-refractivity contribution in [3.05, 3.63) is 35.9 Å². The van der Waals surface area contributed by atoms with Gasteiger partial charge in [-0.1, -0.05) is 18.2 Å². The van der Waals surface area contributed by atoms with E-state index in [1.807, 2.05) is 0 Å². The molecule has 9 nitrogen and oxygen atoms in total. The maximum atomic E-state index is 12.9. The number of rotatable bonds is 2. The van der Waals surface area contributed by atoms with Crippen molar-refractivity contribution in [3.63, 3.8) is 0 Å². The van der Waals surface area contributed by atoms with Gasteiger partial charge < -0.3 is 14.4 Å². The van der Waals surface area contributed by atoms with E-state index in [2.05, 4.69) is 5.43 Å². The Bertz CT molecular complexity index is 826. The average molecular weight is 434 g/mol. The van der Waals surface area contributed by atoms with Gasteiger partial charge in [-0.15, -0.1) is 0 Å². The second-order valence-corrected chi connectivity index (χ2v) is 9.31. The third-order valence-corrected chi connectivity index (χ3v) is 4.21. The Morgan fingerprint density at radius 3 is 2.13 bits per heavy atom. The predicted octanol–water partition coefficient (Wildman–Crippen LogP) is 3.15. The summed E-state index contributed by atoms with van der Waals surface area (Å²) in [6.45, 7) is 10.2. The van der Waals surface area contributed by atoms with Gasteiger partial charge in [0.15, 0.2) is 5.78 Å². The minimum absolute atomic E-state index is 0.0402. The van der Waals surface area contributed by atoms with Crippen LogP contribution >= 0.6 is 0 Å². The molecule has 0 radical (unpaired) electrons. The molecule has 0 aromatic heterocycles. The third-order valence-electron chi connectivity index (χ3n) is 4.21. The lowest BCUT2D eigenvalue weighted by molar-refractivity contribution is -0.128. The molecule has 1 atom stereocenters. The molecular formula is C22H31N3O6. The Hall–Kier alpha value is -3.10. The zero-order valence-corrected chi connectivity index (χ0v) is 18.9. The summed E-state index contributed by atoms with van der Waals surface area (Å²) in [5.41, 5.74) is 1.14. The Kier molecular flexibility index (Phi) is 7.30. The van der Waals surface area contributed by atoms with Crippen molar-refractivity contribution in [3.8, 4) is 0 Å². The van der Waals surface area contributed by atoms with Crippen LogP contribution in [0.15, 0.2) is 30.3 Å². The number of hydrogen-bond donors (Lipinski definition) is 1. The second-order valence-electron chi connectivity index (χ2n) is 9.31. The van der Waals surface area contributed by atoms with Crippen LogP contribution in [-0.2, 0) is 14.3 Å². The molecule has 1 aliphatic heterocycles. The molecule has 0 aliphatic carbocycles. The number of Topliss-reactive ketones (excluding diaryl/α,β-unsaturated/α-hetero) is 1. The quantitative estimate of drug-likeness (QED) is 0.719. The van der Waals surface area contributed by atoms with Crippen LogP contribution < -0.4 is 5.43 Å². The molecule has 1 heterocycles. The summed E-state index contributed by atoms with van der Waals surface area (Å²) in [6.07, 6.45) is -1.78. The standard InChI is InChI=1S/C22H31N3O6/c1-21(2,3)30-19(28)23-25(20(29)31-22(4,5)6)16-14-24(13-12-17(16)26)18(27)15-10-8-7-9-11-15/h7-11,16H,12-14H2,1-6H3,(H,23,28). The molecule has 0 saturated carbocycles. The second kappa shape index (κ2) is 9.36. The Labute approximate surface area is 182 Å². The van der Waals surface area contributed by atoms with Crippen molar-refractivity contribution < 1.29 is 28.7 Å². The SMILES string of the molecule is CC(C)(C)OC(=O)NN(C(=O)OC(C)(C)C)C1CN(C(=O)c2ccccc2)CCC1=O. The first kappa shape index (κ1) is 24.2. The van der Waals surface area contributed by atoms with Gasteiger partial charge in [-0.2, -0.15) is 0 Å². The number of carbonyl (C=O) groups is 4. The number of nitrogens with one attached hydrogen (secondary N) is 1. The fourth-order valence-corrected chi connectivity index (χ4v) is 2.95. The number of benzene rings is 1. The Morgan fingerprint density at radius 2 is 1.58 bits per heavy atom. The van der Waals surface area contributed by atoms with Crippen LogP contribution in [0.2, 0.25) is 0 Å². The molecule has 9 heteroatoms. The number of likely N-dealkylation sites (tertiary alicyclic amines) is 1. The lowest BCUT2D eigenvalue weighted by Crippen LogP contribution is -2.62. The maximum Gasteiger partial charge on any atom is 0.430 e. The van der Waals surface area contributed by atoms with Crippen molar-refractivity contribution in [1.82, 2.24) is 15.3 Å². The molecule has 170 valence electrons. The van der Waals surface area contributed by atoms with E-state index in [0.29, 0.717) is 5.56 Å². The molecule has 1 N–H and O–H groups in total. The molecule has 0 bridgehead atoms. The summed E-state index contributed by atoms with van der Waals surface area (Å²) in [6, 6.07) is 7.54. The molecule has 2 rings (SSSR count). The monoisotopic (exact) mass is 433 g/mol. The molecule has 1 unspecified atom stereocenters. The van der Waals surface area contributed by atoms with E-state index < -0.39 is 29.4 Å². The van der Waals surface area contributed by atoms with E-state index in [4.69, 9.17) is 9.47 Å². The van der Waals surface area contributed by atoms with E-state index in [1.54, 1.807) is 71.9 Å². The number of hydrogen-bond acceptors (Lipinski definition) is 6. The van der Waals surface area contributed by atoms with Gasteiger partial charge in [0, 0.05) is 18.5 Å². The van der Waals surface area contributed by atoms with Crippen LogP contribution in [-0.4, -0.2) is 64.1 Å². The summed E-state index contributed by atoms with van der Waals surface area (Å²) in [4.78, 5) is 52.2. The first-order chi connectivity index (χ1) is 14.3. The minimum atomic E-state index is -1.11. The summed E-state index contributed by atoms with van der Waals surface area (Å²) < 4.78 is 10.6. The average Bonchev–Trinajstić information content (AvgIpc) is 2.64. The van der Waals surface area contributed by atoms with Gasteiger partial charge in [0.2, 0.25) is 0 Å². The van der Waals surface area contributed by atoms with Gasteiger partial charge in [-0.3, -0.25) is 9.59 Å². The highest BCUT2D eigenvalue weighted by molar-refractivity contribution is 5.97. The summed E-state index contributed by atoms with van der Waals surface area (Å²) in [5.74, 6) is -0.557. The largest absolute Gasteiger partial charge is 0.443 e. The molecule has 31 heavy (non-hydrogen) atoms. The smallest absolute Gasteiger partial charge is 0.430 e. The number of ketones is 1. The highest BCUT2D eigenvalue weighted by atomic mass is 16.6. The lowest BCUT2D eigenvalue weighted by atomic mass is 10.0. The van der Waals surface area contributed by atoms with Crippen LogP contribution in [0.3, 0.4) is 0 Å². The van der Waals surface area contributed by atoms with Crippen LogP contribution in [0, 0.1) is 0 Å². The molecule has 1 fully saturated rings. The number of nitrogens with zero attached hydrogens (tertiary/aromatic N) is 2. The van der Waals surface area contributed by atoms with Gasteiger partial charge >= 0.3 is 12.2 Å². The molecule has 1 aliphatic rings. The molecule has 1 saturated heterocycles. The number of carbonyl (C=O) groups excluding carboxylic acids is 4. The third kappa shape index (κ3) is 7.27. The number of amides is 3. The molecule has 0 spiro atoms. The van der Waals surface area contributed by atoms with Crippen LogP contribution in [0.1, 0.15) is 58.3 Å². The Balaban J connectivity index is 2.26. The number of ether oxygens (including phenoxy) is 2. The first-order valence-corrected chi connectivity index (χ1v) is 10.2. The van der Waals surface area contributed by atoms with Crippen molar-refractivity contribution in [2.45, 2.75) is 65.2 Å². The van der Waals surface area contributed by atoms with Gasteiger partial charge in [0.05, 0.1) is 6.54 Å². The van der Waals surface area contributed by atoms with Crippen molar-refractivity contribution in [2.75, 3.05) is 13.1 Å². The van der Waals surface area contributed by atoms with E-state index in [1.165, 1.54) is 4.90 Å². The first-order valence-electron chi connectivity index (χ1n) is 10.2. The van der Waals surface area contributed by atoms with E-state index in [0.717, 1.165) is 5.01 Å².